The molecule has 51 heavy (non-hydrogen) atoms. The maximum absolute atomic E-state index is 14.7. The molecular formula is C36H62N4O11. The number of rotatable bonds is 14. The lowest BCUT2D eigenvalue weighted by atomic mass is 9.69. The van der Waals surface area contributed by atoms with Gasteiger partial charge in [-0.1, -0.05) is 0 Å². The number of piperidine rings is 2. The van der Waals surface area contributed by atoms with Crippen LogP contribution in [0.15, 0.2) is 0 Å². The van der Waals surface area contributed by atoms with Gasteiger partial charge in [-0.25, -0.2) is 4.79 Å². The van der Waals surface area contributed by atoms with E-state index in [0.29, 0.717) is 183 Å². The van der Waals surface area contributed by atoms with E-state index in [4.69, 9.17) is 37.9 Å². The minimum Gasteiger partial charge on any atom is -0.382 e. The predicted molar refractivity (Wildman–Crippen MR) is 182 cm³/mol. The van der Waals surface area contributed by atoms with Gasteiger partial charge >= 0.3 is 6.03 Å². The number of hydroxylamine groups is 4. The van der Waals surface area contributed by atoms with E-state index in [1.165, 1.54) is 10.1 Å². The van der Waals surface area contributed by atoms with Crippen molar-refractivity contribution >= 4 is 6.03 Å². The molecule has 1 N–H and O–H groups in total. The Bertz CT molecular complexity index is 1010. The van der Waals surface area contributed by atoms with Crippen molar-refractivity contribution in [2.75, 3.05) is 113 Å². The number of nitrogens with zero attached hydrogens (tertiary/aromatic N) is 3. The van der Waals surface area contributed by atoms with E-state index < -0.39 is 22.2 Å². The number of urea groups is 1. The lowest BCUT2D eigenvalue weighted by Crippen LogP contribution is -2.71. The fourth-order valence-electron chi connectivity index (χ4n) is 9.79. The molecule has 15 heteroatoms. The third-order valence-corrected chi connectivity index (χ3v) is 12.6. The van der Waals surface area contributed by atoms with Crippen molar-refractivity contribution in [2.24, 2.45) is 0 Å². The molecule has 0 unspecified atom stereocenters. The topological polar surface area (TPSA) is 152 Å². The number of nitrogens with one attached hydrogen (secondary N) is 1. The van der Waals surface area contributed by atoms with E-state index in [1.54, 1.807) is 7.11 Å². The molecule has 0 aromatic heterocycles. The minimum atomic E-state index is -0.594. The fourth-order valence-corrected chi connectivity index (χ4v) is 9.79. The summed E-state index contributed by atoms with van der Waals surface area (Å²) in [5, 5.41) is 34.8. The average Bonchev–Trinajstić information content (AvgIpc) is 3.15. The molecule has 0 atom stereocenters. The van der Waals surface area contributed by atoms with Crippen LogP contribution in [-0.2, 0) is 48.3 Å². The van der Waals surface area contributed by atoms with E-state index in [9.17, 15) is 15.2 Å². The lowest BCUT2D eigenvalue weighted by molar-refractivity contribution is -0.333. The maximum atomic E-state index is 14.7. The van der Waals surface area contributed by atoms with E-state index in [1.807, 2.05) is 4.90 Å². The fraction of sp³-hybridized carbons (Fsp3) is 0.972. The number of methoxy groups -OCH3 is 1. The molecule has 2 radical (unpaired) electrons. The number of carbonyl (C=O) groups excluding carboxylic acids is 1. The molecule has 6 aliphatic rings. The zero-order valence-corrected chi connectivity index (χ0v) is 30.8. The highest BCUT2D eigenvalue weighted by molar-refractivity contribution is 5.75. The van der Waals surface area contributed by atoms with Gasteiger partial charge in [-0.05, 0) is 77.0 Å². The summed E-state index contributed by atoms with van der Waals surface area (Å²) in [6.45, 7) is 7.92. The van der Waals surface area contributed by atoms with E-state index in [2.05, 4.69) is 5.32 Å². The summed E-state index contributed by atoms with van der Waals surface area (Å²) in [6, 6.07) is -0.481. The van der Waals surface area contributed by atoms with Crippen LogP contribution in [0.4, 0.5) is 4.79 Å². The zero-order chi connectivity index (χ0) is 35.6. The predicted octanol–water partition coefficient (Wildman–Crippen LogP) is 2.51. The first kappa shape index (κ1) is 39.5. The number of ether oxygens (including phenoxy) is 8. The number of hydrogen-bond donors (Lipinski definition) is 1. The summed E-state index contributed by atoms with van der Waals surface area (Å²) in [7, 11) is 1.64. The highest BCUT2D eigenvalue weighted by Gasteiger charge is 2.59. The molecule has 15 nitrogen and oxygen atoms in total. The summed E-state index contributed by atoms with van der Waals surface area (Å²) < 4.78 is 45.1. The largest absolute Gasteiger partial charge is 0.382 e. The van der Waals surface area contributed by atoms with Crippen molar-refractivity contribution in [1.29, 1.82) is 0 Å². The molecule has 0 aromatic rings. The van der Waals surface area contributed by atoms with Crippen LogP contribution in [0.5, 0.6) is 0 Å². The summed E-state index contributed by atoms with van der Waals surface area (Å²) in [4.78, 5) is 16.6. The standard InChI is InChI=1S/C36H62N4O11/c1-44-20-21-50-24-25-51-23-22-49-19-10-38(31-28-35(6-15-47-16-7-35)40(43)36(29-31)8-17-48-18-9-36)32(41)37-30-26-33(2-11-45-12-3-33)39(42)34(27-30)4-13-46-14-5-34/h30-31H,2-29H2,1H3,(H,37,41). The number of amides is 2. The van der Waals surface area contributed by atoms with Gasteiger partial charge in [-0.15, -0.1) is 20.5 Å². The second kappa shape index (κ2) is 18.4. The second-order valence-electron chi connectivity index (χ2n) is 15.6. The molecule has 0 aromatic carbocycles. The highest BCUT2D eigenvalue weighted by Crippen LogP contribution is 2.50. The van der Waals surface area contributed by atoms with Crippen molar-refractivity contribution < 1.29 is 53.1 Å². The van der Waals surface area contributed by atoms with E-state index in [0.717, 1.165) is 0 Å². The molecule has 6 rings (SSSR count). The first-order chi connectivity index (χ1) is 24.9. The smallest absolute Gasteiger partial charge is 0.317 e. The number of carbonyl (C=O) groups is 1. The van der Waals surface area contributed by atoms with Crippen LogP contribution in [0.1, 0.15) is 77.0 Å². The van der Waals surface area contributed by atoms with Crippen molar-refractivity contribution in [3.05, 3.63) is 0 Å². The molecule has 0 saturated carbocycles. The monoisotopic (exact) mass is 726 g/mol. The highest BCUT2D eigenvalue weighted by atomic mass is 16.6. The lowest BCUT2D eigenvalue weighted by Gasteiger charge is -2.59. The summed E-state index contributed by atoms with van der Waals surface area (Å²) in [6.07, 6.45) is 7.55. The molecule has 0 aliphatic carbocycles. The molecular weight excluding hydrogens is 664 g/mol. The van der Waals surface area contributed by atoms with Crippen molar-refractivity contribution in [2.45, 2.75) is 111 Å². The molecule has 6 aliphatic heterocycles. The zero-order valence-electron chi connectivity index (χ0n) is 30.8. The Labute approximate surface area is 303 Å². The van der Waals surface area contributed by atoms with Gasteiger partial charge in [-0.2, -0.15) is 0 Å². The normalized spacial score (nSPS) is 29.1. The van der Waals surface area contributed by atoms with Gasteiger partial charge in [0, 0.05) is 78.6 Å². The van der Waals surface area contributed by atoms with Crippen LogP contribution < -0.4 is 5.32 Å². The van der Waals surface area contributed by atoms with Crippen LogP contribution >= 0.6 is 0 Å². The third-order valence-electron chi connectivity index (χ3n) is 12.6. The first-order valence-corrected chi connectivity index (χ1v) is 19.4. The van der Waals surface area contributed by atoms with Crippen molar-refractivity contribution in [3.63, 3.8) is 0 Å². The maximum Gasteiger partial charge on any atom is 0.317 e. The average molecular weight is 727 g/mol. The molecule has 292 valence electrons. The SMILES string of the molecule is COCCOCCOCCOCCN(C(=O)NC1CC2(CCOCC2)N([O])C2(CCOCC2)C1)C1CC2(CCOCC2)N([O])C2(CCOCC2)C1. The van der Waals surface area contributed by atoms with Gasteiger partial charge in [0.25, 0.3) is 0 Å². The second-order valence-corrected chi connectivity index (χ2v) is 15.6. The van der Waals surface area contributed by atoms with Crippen LogP contribution in [0.3, 0.4) is 0 Å². The van der Waals surface area contributed by atoms with Crippen molar-refractivity contribution in [3.8, 4) is 0 Å². The van der Waals surface area contributed by atoms with Crippen LogP contribution in [0.25, 0.3) is 0 Å². The molecule has 6 saturated heterocycles. The minimum absolute atomic E-state index is 0.148. The summed E-state index contributed by atoms with van der Waals surface area (Å²) >= 11 is 0. The summed E-state index contributed by atoms with van der Waals surface area (Å²) in [5.74, 6) is 0. The Morgan fingerprint density at radius 1 is 0.588 bits per heavy atom. The van der Waals surface area contributed by atoms with Gasteiger partial charge in [-0.3, -0.25) is 0 Å². The molecule has 6 heterocycles. The van der Waals surface area contributed by atoms with E-state index >= 15 is 0 Å². The van der Waals surface area contributed by atoms with Crippen molar-refractivity contribution in [1.82, 2.24) is 20.3 Å². The van der Waals surface area contributed by atoms with Gasteiger partial charge in [0.1, 0.15) is 0 Å². The Morgan fingerprint density at radius 2 is 0.941 bits per heavy atom. The number of hydrogen-bond acceptors (Lipinski definition) is 11. The van der Waals surface area contributed by atoms with Crippen LogP contribution in [0.2, 0.25) is 0 Å². The van der Waals surface area contributed by atoms with Gasteiger partial charge in [0.2, 0.25) is 0 Å². The molecule has 4 spiro atoms. The third kappa shape index (κ3) is 9.19. The molecule has 2 amide bonds. The Morgan fingerprint density at radius 3 is 1.33 bits per heavy atom. The Hall–Kier alpha value is -1.21. The van der Waals surface area contributed by atoms with Gasteiger partial charge in [0.05, 0.1) is 68.4 Å². The molecule has 0 bridgehead atoms. The van der Waals surface area contributed by atoms with Gasteiger partial charge < -0.3 is 48.1 Å². The van der Waals surface area contributed by atoms with Gasteiger partial charge in [0.15, 0.2) is 0 Å². The molecule has 6 fully saturated rings. The van der Waals surface area contributed by atoms with Crippen LogP contribution in [-0.4, -0.2) is 168 Å². The Balaban J connectivity index is 1.17. The first-order valence-electron chi connectivity index (χ1n) is 19.4. The quantitative estimate of drug-likeness (QED) is 0.263. The van der Waals surface area contributed by atoms with Crippen LogP contribution in [0, 0.1) is 0 Å². The Kier molecular flexibility index (Phi) is 14.3. The summed E-state index contributed by atoms with van der Waals surface area (Å²) in [5.41, 5.74) is -2.33. The van der Waals surface area contributed by atoms with E-state index in [-0.39, 0.29) is 18.1 Å².